The van der Waals surface area contributed by atoms with Gasteiger partial charge in [-0.2, -0.15) is 0 Å². The molecule has 0 fully saturated rings. The fourth-order valence-electron chi connectivity index (χ4n) is 8.31. The number of hydrogen-bond donors (Lipinski definition) is 0. The Balaban J connectivity index is 1.01. The number of para-hydroxylation sites is 2. The Morgan fingerprint density at radius 1 is 0.304 bits per heavy atom. The molecule has 4 heterocycles. The Morgan fingerprint density at radius 2 is 0.804 bits per heavy atom. The van der Waals surface area contributed by atoms with E-state index in [9.17, 15) is 0 Å². The van der Waals surface area contributed by atoms with Crippen LogP contribution in [-0.2, 0) is 0 Å². The molecule has 11 aromatic rings. The maximum atomic E-state index is 5.08. The monoisotopic (exact) mass is 714 g/mol. The van der Waals surface area contributed by atoms with E-state index >= 15 is 0 Å². The molecule has 0 bridgehead atoms. The van der Waals surface area contributed by atoms with E-state index in [1.54, 1.807) is 0 Å². The molecule has 7 aromatic carbocycles. The largest absolute Gasteiger partial charge is 0.309 e. The van der Waals surface area contributed by atoms with Crippen LogP contribution in [0.5, 0.6) is 0 Å². The second kappa shape index (κ2) is 13.1. The lowest BCUT2D eigenvalue weighted by molar-refractivity contribution is 1.18. The summed E-state index contributed by atoms with van der Waals surface area (Å²) in [5, 5.41) is 3.61. The number of fused-ring (bicyclic) bond motifs is 6. The van der Waals surface area contributed by atoms with Crippen molar-refractivity contribution in [3.05, 3.63) is 206 Å². The van der Waals surface area contributed by atoms with E-state index in [-0.39, 0.29) is 0 Å². The number of rotatable bonds is 6. The van der Waals surface area contributed by atoms with Crippen LogP contribution in [0.15, 0.2) is 206 Å². The molecule has 4 aromatic heterocycles. The first-order valence-corrected chi connectivity index (χ1v) is 19.0. The molecular formula is C52H34N4. The third-order valence-electron chi connectivity index (χ3n) is 11.0. The van der Waals surface area contributed by atoms with Crippen LogP contribution in [-0.4, -0.2) is 19.1 Å². The molecule has 0 saturated heterocycles. The SMILES string of the molecule is c1ccc(-c2cc(-c3ccc(-n4c5ccc(-c6ccc7c(c6)c6ccccc6n7-c6ccccc6)cc5c5ncccc54)cc3)cc(-c3ccccc3)n2)cc1. The Labute approximate surface area is 324 Å². The molecule has 0 saturated carbocycles. The van der Waals surface area contributed by atoms with Crippen molar-refractivity contribution in [1.29, 1.82) is 0 Å². The van der Waals surface area contributed by atoms with E-state index in [1.807, 2.05) is 24.4 Å². The summed E-state index contributed by atoms with van der Waals surface area (Å²) in [4.78, 5) is 10.0. The summed E-state index contributed by atoms with van der Waals surface area (Å²) in [6.45, 7) is 0. The maximum absolute atomic E-state index is 5.08. The first kappa shape index (κ1) is 31.9. The van der Waals surface area contributed by atoms with Gasteiger partial charge in [0.15, 0.2) is 0 Å². The van der Waals surface area contributed by atoms with E-state index in [0.29, 0.717) is 0 Å². The lowest BCUT2D eigenvalue weighted by Gasteiger charge is -2.12. The molecule has 0 aliphatic carbocycles. The van der Waals surface area contributed by atoms with E-state index < -0.39 is 0 Å². The third-order valence-corrected chi connectivity index (χ3v) is 11.0. The molecule has 0 amide bonds. The van der Waals surface area contributed by atoms with Gasteiger partial charge in [-0.3, -0.25) is 4.98 Å². The van der Waals surface area contributed by atoms with Crippen molar-refractivity contribution in [2.24, 2.45) is 0 Å². The lowest BCUT2D eigenvalue weighted by atomic mass is 9.99. The van der Waals surface area contributed by atoms with Gasteiger partial charge in [-0.05, 0) is 101 Å². The molecule has 0 unspecified atom stereocenters. The van der Waals surface area contributed by atoms with Gasteiger partial charge in [0.2, 0.25) is 0 Å². The maximum Gasteiger partial charge on any atom is 0.0963 e. The zero-order chi connectivity index (χ0) is 37.0. The van der Waals surface area contributed by atoms with Gasteiger partial charge >= 0.3 is 0 Å². The first-order chi connectivity index (χ1) is 27.8. The summed E-state index contributed by atoms with van der Waals surface area (Å²) in [7, 11) is 0. The first-order valence-electron chi connectivity index (χ1n) is 19.0. The molecule has 0 aliphatic heterocycles. The number of benzene rings is 7. The van der Waals surface area contributed by atoms with Gasteiger partial charge in [0.1, 0.15) is 0 Å². The van der Waals surface area contributed by atoms with Crippen molar-refractivity contribution < 1.29 is 0 Å². The molecule has 262 valence electrons. The van der Waals surface area contributed by atoms with Gasteiger partial charge in [-0.1, -0.05) is 121 Å². The van der Waals surface area contributed by atoms with Gasteiger partial charge in [-0.25, -0.2) is 4.98 Å². The minimum Gasteiger partial charge on any atom is -0.309 e. The predicted molar refractivity (Wildman–Crippen MR) is 232 cm³/mol. The third kappa shape index (κ3) is 5.31. The van der Waals surface area contributed by atoms with Crippen LogP contribution in [0, 0.1) is 0 Å². The van der Waals surface area contributed by atoms with Crippen molar-refractivity contribution >= 4 is 43.7 Å². The molecule has 0 atom stereocenters. The van der Waals surface area contributed by atoms with Gasteiger partial charge in [0.05, 0.1) is 39.0 Å². The normalized spacial score (nSPS) is 11.6. The zero-order valence-electron chi connectivity index (χ0n) is 30.4. The molecule has 56 heavy (non-hydrogen) atoms. The standard InChI is InChI=1S/C52H34N4/c1-4-13-36(14-5-1)46-33-40(34-47(54-46)37-15-6-2-7-16-37)35-22-26-42(27-23-35)56-50-29-25-39(32-45(50)52-51(56)21-12-30-53-52)38-24-28-49-44(31-38)43-19-10-11-20-48(43)55(49)41-17-8-3-9-18-41/h1-34H. The zero-order valence-corrected chi connectivity index (χ0v) is 30.4. The Bertz CT molecular complexity index is 3160. The number of aromatic nitrogens is 4. The van der Waals surface area contributed by atoms with Crippen LogP contribution in [0.25, 0.3) is 99.9 Å². The highest BCUT2D eigenvalue weighted by Gasteiger charge is 2.17. The molecule has 0 spiro atoms. The van der Waals surface area contributed by atoms with E-state index in [4.69, 9.17) is 9.97 Å². The summed E-state index contributed by atoms with van der Waals surface area (Å²) in [5.41, 5.74) is 16.6. The Hall–Kier alpha value is -7.56. The highest BCUT2D eigenvalue weighted by molar-refractivity contribution is 6.12. The Kier molecular flexibility index (Phi) is 7.46. The number of pyridine rings is 2. The van der Waals surface area contributed by atoms with Gasteiger partial charge < -0.3 is 9.13 Å². The predicted octanol–water partition coefficient (Wildman–Crippen LogP) is 13.3. The minimum atomic E-state index is 0.955. The average molecular weight is 715 g/mol. The number of hydrogen-bond acceptors (Lipinski definition) is 2. The molecule has 0 aliphatic rings. The summed E-state index contributed by atoms with van der Waals surface area (Å²) in [5.74, 6) is 0. The minimum absolute atomic E-state index is 0.955. The van der Waals surface area contributed by atoms with Gasteiger partial charge in [0.25, 0.3) is 0 Å². The van der Waals surface area contributed by atoms with Crippen LogP contribution in [0.4, 0.5) is 0 Å². The van der Waals surface area contributed by atoms with E-state index in [1.165, 1.54) is 27.4 Å². The second-order valence-corrected chi connectivity index (χ2v) is 14.3. The van der Waals surface area contributed by atoms with Crippen LogP contribution < -0.4 is 0 Å². The van der Waals surface area contributed by atoms with E-state index in [2.05, 4.69) is 191 Å². The summed E-state index contributed by atoms with van der Waals surface area (Å²) < 4.78 is 4.69. The lowest BCUT2D eigenvalue weighted by Crippen LogP contribution is -1.95. The molecule has 11 rings (SSSR count). The fraction of sp³-hybridized carbons (Fsp3) is 0. The van der Waals surface area contributed by atoms with Gasteiger partial charge in [0, 0.05) is 44.9 Å². The van der Waals surface area contributed by atoms with Crippen molar-refractivity contribution in [3.63, 3.8) is 0 Å². The number of nitrogens with zero attached hydrogens (tertiary/aromatic N) is 4. The topological polar surface area (TPSA) is 35.6 Å². The van der Waals surface area contributed by atoms with Crippen molar-refractivity contribution in [1.82, 2.24) is 19.1 Å². The molecule has 0 radical (unpaired) electrons. The van der Waals surface area contributed by atoms with Crippen LogP contribution >= 0.6 is 0 Å². The summed E-state index contributed by atoms with van der Waals surface area (Å²) >= 11 is 0. The molecular weight excluding hydrogens is 681 g/mol. The fourth-order valence-corrected chi connectivity index (χ4v) is 8.31. The smallest absolute Gasteiger partial charge is 0.0963 e. The van der Waals surface area contributed by atoms with Crippen molar-refractivity contribution in [3.8, 4) is 56.1 Å². The summed E-state index contributed by atoms with van der Waals surface area (Å²) in [6.07, 6.45) is 1.89. The van der Waals surface area contributed by atoms with E-state index in [0.717, 1.165) is 72.5 Å². The highest BCUT2D eigenvalue weighted by Crippen LogP contribution is 2.38. The van der Waals surface area contributed by atoms with Crippen LogP contribution in [0.3, 0.4) is 0 Å². The quantitative estimate of drug-likeness (QED) is 0.172. The van der Waals surface area contributed by atoms with Crippen LogP contribution in [0.1, 0.15) is 0 Å². The van der Waals surface area contributed by atoms with Crippen LogP contribution in [0.2, 0.25) is 0 Å². The molecule has 4 heteroatoms. The van der Waals surface area contributed by atoms with Gasteiger partial charge in [-0.15, -0.1) is 0 Å². The average Bonchev–Trinajstić information content (AvgIpc) is 3.79. The summed E-state index contributed by atoms with van der Waals surface area (Å²) in [6, 6.07) is 71.2. The highest BCUT2D eigenvalue weighted by atomic mass is 15.0. The molecule has 4 nitrogen and oxygen atoms in total. The molecule has 0 N–H and O–H groups in total. The van der Waals surface area contributed by atoms with Crippen molar-refractivity contribution in [2.45, 2.75) is 0 Å². The second-order valence-electron chi connectivity index (χ2n) is 14.3. The Morgan fingerprint density at radius 3 is 1.48 bits per heavy atom. The van der Waals surface area contributed by atoms with Crippen molar-refractivity contribution in [2.75, 3.05) is 0 Å².